The van der Waals surface area contributed by atoms with Crippen LogP contribution in [0.5, 0.6) is 0 Å². The number of esters is 1. The zero-order valence-electron chi connectivity index (χ0n) is 20.4. The van der Waals surface area contributed by atoms with Crippen molar-refractivity contribution in [3.05, 3.63) is 46.1 Å². The molecule has 1 fully saturated rings. The van der Waals surface area contributed by atoms with Gasteiger partial charge in [-0.25, -0.2) is 4.79 Å². The third kappa shape index (κ3) is 6.39. The average Bonchev–Trinajstić information content (AvgIpc) is 2.80. The molecule has 0 spiro atoms. The molecule has 1 saturated heterocycles. The highest BCUT2D eigenvalue weighted by Gasteiger charge is 2.38. The van der Waals surface area contributed by atoms with E-state index >= 15 is 0 Å². The number of nitrogens with zero attached hydrogens (tertiary/aromatic N) is 2. The monoisotopic (exact) mass is 489 g/mol. The topological polar surface area (TPSA) is 79.0 Å². The Hall–Kier alpha value is -2.38. The summed E-state index contributed by atoms with van der Waals surface area (Å²) in [5.41, 5.74) is 1.52. The van der Waals surface area contributed by atoms with Crippen molar-refractivity contribution >= 4 is 29.4 Å². The van der Waals surface area contributed by atoms with Gasteiger partial charge in [-0.3, -0.25) is 9.59 Å². The van der Waals surface area contributed by atoms with Crippen LogP contribution in [0.25, 0.3) is 0 Å². The third-order valence-electron chi connectivity index (χ3n) is 6.79. The summed E-state index contributed by atoms with van der Waals surface area (Å²) in [6, 6.07) is 7.78. The molecular formula is C26H36ClN3O4. The van der Waals surface area contributed by atoms with E-state index in [1.165, 1.54) is 24.2 Å². The van der Waals surface area contributed by atoms with Gasteiger partial charge in [0.1, 0.15) is 6.54 Å². The summed E-state index contributed by atoms with van der Waals surface area (Å²) < 4.78 is 5.29. The fraction of sp³-hybridized carbons (Fsp3) is 0.577. The van der Waals surface area contributed by atoms with E-state index in [1.807, 2.05) is 12.1 Å². The van der Waals surface area contributed by atoms with E-state index in [0.717, 1.165) is 19.5 Å². The zero-order valence-corrected chi connectivity index (χ0v) is 21.2. The number of rotatable bonds is 9. The number of ether oxygens (including phenoxy) is 1. The number of amides is 2. The molecule has 3 rings (SSSR count). The van der Waals surface area contributed by atoms with Crippen molar-refractivity contribution in [1.82, 2.24) is 15.1 Å². The van der Waals surface area contributed by atoms with E-state index in [-0.39, 0.29) is 31.4 Å². The lowest BCUT2D eigenvalue weighted by Gasteiger charge is -2.34. The lowest BCUT2D eigenvalue weighted by molar-refractivity contribution is -0.141. The molecular weight excluding hydrogens is 454 g/mol. The number of carbonyl (C=O) groups excluding carboxylic acids is 3. The maximum Gasteiger partial charge on any atom is 0.336 e. The number of hydrogen-bond donors (Lipinski definition) is 1. The Morgan fingerprint density at radius 2 is 2.00 bits per heavy atom. The minimum absolute atomic E-state index is 0.0509. The van der Waals surface area contributed by atoms with Crippen molar-refractivity contribution in [2.24, 2.45) is 0 Å². The van der Waals surface area contributed by atoms with Crippen molar-refractivity contribution < 1.29 is 19.1 Å². The van der Waals surface area contributed by atoms with E-state index < -0.39 is 11.9 Å². The van der Waals surface area contributed by atoms with Gasteiger partial charge < -0.3 is 19.9 Å². The van der Waals surface area contributed by atoms with Crippen LogP contribution in [0.4, 0.5) is 0 Å². The first kappa shape index (κ1) is 26.2. The Morgan fingerprint density at radius 3 is 2.71 bits per heavy atom. The summed E-state index contributed by atoms with van der Waals surface area (Å²) in [6.45, 7) is 8.41. The fourth-order valence-electron chi connectivity index (χ4n) is 4.90. The van der Waals surface area contributed by atoms with Gasteiger partial charge in [0.2, 0.25) is 11.8 Å². The van der Waals surface area contributed by atoms with Crippen molar-refractivity contribution in [3.8, 4) is 0 Å². The molecule has 2 unspecified atom stereocenters. The molecule has 0 aromatic heterocycles. The van der Waals surface area contributed by atoms with Crippen molar-refractivity contribution in [2.45, 2.75) is 64.8 Å². The Bertz CT molecular complexity index is 932. The molecule has 0 aliphatic carbocycles. The van der Waals surface area contributed by atoms with Crippen LogP contribution in [-0.4, -0.2) is 66.4 Å². The van der Waals surface area contributed by atoms with Crippen LogP contribution in [0.15, 0.2) is 35.5 Å². The quantitative estimate of drug-likeness (QED) is 0.420. The van der Waals surface area contributed by atoms with Gasteiger partial charge in [-0.1, -0.05) is 36.2 Å². The Morgan fingerprint density at radius 1 is 1.24 bits per heavy atom. The highest BCUT2D eigenvalue weighted by Crippen LogP contribution is 2.39. The Balaban J connectivity index is 1.67. The first-order valence-electron chi connectivity index (χ1n) is 12.3. The van der Waals surface area contributed by atoms with Crippen LogP contribution in [0.3, 0.4) is 0 Å². The number of carbonyl (C=O) groups is 3. The molecule has 8 heteroatoms. The van der Waals surface area contributed by atoms with E-state index in [0.29, 0.717) is 34.4 Å². The number of halogens is 1. The largest absolute Gasteiger partial charge is 0.463 e. The number of piperidine rings is 1. The summed E-state index contributed by atoms with van der Waals surface area (Å²) in [5.74, 6) is -1.45. The van der Waals surface area contributed by atoms with Gasteiger partial charge in [0.15, 0.2) is 0 Å². The molecule has 0 saturated carbocycles. The van der Waals surface area contributed by atoms with Gasteiger partial charge in [-0.05, 0) is 58.2 Å². The Kier molecular flexibility index (Phi) is 9.54. The summed E-state index contributed by atoms with van der Waals surface area (Å²) in [7, 11) is 0. The summed E-state index contributed by atoms with van der Waals surface area (Å²) in [6.07, 6.45) is 4.66. The van der Waals surface area contributed by atoms with Crippen LogP contribution in [0.1, 0.15) is 64.4 Å². The van der Waals surface area contributed by atoms with E-state index in [4.69, 9.17) is 16.3 Å². The van der Waals surface area contributed by atoms with Gasteiger partial charge >= 0.3 is 5.97 Å². The lowest BCUT2D eigenvalue weighted by Crippen LogP contribution is -2.44. The van der Waals surface area contributed by atoms with Crippen LogP contribution in [0, 0.1) is 0 Å². The number of likely N-dealkylation sites (tertiary alicyclic amines) is 1. The van der Waals surface area contributed by atoms with E-state index in [1.54, 1.807) is 26.0 Å². The molecule has 1 aromatic carbocycles. The molecule has 7 nitrogen and oxygen atoms in total. The van der Waals surface area contributed by atoms with Gasteiger partial charge in [0.05, 0.1) is 12.2 Å². The van der Waals surface area contributed by atoms with Crippen LogP contribution in [-0.2, 0) is 19.1 Å². The van der Waals surface area contributed by atoms with Gasteiger partial charge in [0, 0.05) is 42.2 Å². The predicted octanol–water partition coefficient (Wildman–Crippen LogP) is 3.87. The first-order valence-corrected chi connectivity index (χ1v) is 12.6. The molecule has 2 aliphatic heterocycles. The SMILES string of the molecule is CCOC(=O)C1=C(C)N(CC(=O)NCCCN2CCCCC2C)C(=O)CC1c1ccccc1Cl. The first-order chi connectivity index (χ1) is 16.3. The zero-order chi connectivity index (χ0) is 24.7. The minimum Gasteiger partial charge on any atom is -0.463 e. The summed E-state index contributed by atoms with van der Waals surface area (Å²) in [5, 5.41) is 3.42. The van der Waals surface area contributed by atoms with Crippen molar-refractivity contribution in [3.63, 3.8) is 0 Å². The molecule has 2 amide bonds. The van der Waals surface area contributed by atoms with E-state index in [9.17, 15) is 14.4 Å². The highest BCUT2D eigenvalue weighted by atomic mass is 35.5. The van der Waals surface area contributed by atoms with Crippen LogP contribution < -0.4 is 5.32 Å². The molecule has 186 valence electrons. The molecule has 34 heavy (non-hydrogen) atoms. The standard InChI is InChI=1S/C26H36ClN3O4/c1-4-34-26(33)25-19(3)30(24(32)16-21(25)20-11-5-6-12-22(20)27)17-23(31)28-13-9-15-29-14-8-7-10-18(29)2/h5-6,11-12,18,21H,4,7-10,13-17H2,1-3H3,(H,28,31). The second-order valence-corrected chi connectivity index (χ2v) is 9.47. The average molecular weight is 490 g/mol. The van der Waals surface area contributed by atoms with Crippen LogP contribution >= 0.6 is 11.6 Å². The molecule has 2 aliphatic rings. The second-order valence-electron chi connectivity index (χ2n) is 9.06. The molecule has 1 N–H and O–H groups in total. The predicted molar refractivity (Wildman–Crippen MR) is 132 cm³/mol. The molecule has 0 radical (unpaired) electrons. The molecule has 2 heterocycles. The maximum atomic E-state index is 13.0. The fourth-order valence-corrected chi connectivity index (χ4v) is 5.17. The van der Waals surface area contributed by atoms with Crippen molar-refractivity contribution in [1.29, 1.82) is 0 Å². The summed E-state index contributed by atoms with van der Waals surface area (Å²) in [4.78, 5) is 42.4. The Labute approximate surface area is 207 Å². The third-order valence-corrected chi connectivity index (χ3v) is 7.13. The smallest absolute Gasteiger partial charge is 0.336 e. The van der Waals surface area contributed by atoms with E-state index in [2.05, 4.69) is 17.1 Å². The normalized spacial score (nSPS) is 21.5. The highest BCUT2D eigenvalue weighted by molar-refractivity contribution is 6.31. The number of hydrogen-bond acceptors (Lipinski definition) is 5. The van der Waals surface area contributed by atoms with Gasteiger partial charge in [-0.15, -0.1) is 0 Å². The summed E-state index contributed by atoms with van der Waals surface area (Å²) >= 11 is 6.39. The minimum atomic E-state index is -0.508. The van der Waals surface area contributed by atoms with Gasteiger partial charge in [0.25, 0.3) is 0 Å². The molecule has 1 aromatic rings. The van der Waals surface area contributed by atoms with Gasteiger partial charge in [-0.2, -0.15) is 0 Å². The van der Waals surface area contributed by atoms with Crippen molar-refractivity contribution in [2.75, 3.05) is 32.8 Å². The maximum absolute atomic E-state index is 13.0. The number of benzene rings is 1. The van der Waals surface area contributed by atoms with Crippen LogP contribution in [0.2, 0.25) is 5.02 Å². The molecule has 2 atom stereocenters. The number of nitrogens with one attached hydrogen (secondary N) is 1. The molecule has 0 bridgehead atoms. The second kappa shape index (κ2) is 12.4. The number of allylic oxidation sites excluding steroid dienone is 1. The lowest BCUT2D eigenvalue weighted by atomic mass is 9.83.